The minimum atomic E-state index is -0.283. The number of ether oxygens (including phenoxy) is 1. The van der Waals surface area contributed by atoms with E-state index < -0.39 is 0 Å². The number of halogens is 4. The Labute approximate surface area is 136 Å². The molecule has 0 aliphatic heterocycles. The first-order valence-electron chi connectivity index (χ1n) is 5.52. The van der Waals surface area contributed by atoms with Gasteiger partial charge in [-0.05, 0) is 44.0 Å². The molecule has 0 radical (unpaired) electrons. The molecule has 5 heteroatoms. The molecule has 0 spiro atoms. The normalized spacial score (nSPS) is 10.5. The van der Waals surface area contributed by atoms with Gasteiger partial charge in [0, 0.05) is 16.5 Å². The van der Waals surface area contributed by atoms with Crippen molar-refractivity contribution in [3.8, 4) is 5.75 Å². The van der Waals surface area contributed by atoms with Gasteiger partial charge in [-0.3, -0.25) is 0 Å². The summed E-state index contributed by atoms with van der Waals surface area (Å²) in [6.07, 6.45) is 0. The second-order valence-corrected chi connectivity index (χ2v) is 6.07. The van der Waals surface area contributed by atoms with E-state index in [2.05, 4.69) is 47.8 Å². The molecule has 0 N–H and O–H groups in total. The summed E-state index contributed by atoms with van der Waals surface area (Å²) in [4.78, 5) is 0. The van der Waals surface area contributed by atoms with Crippen molar-refractivity contribution in [1.82, 2.24) is 0 Å². The van der Waals surface area contributed by atoms with Crippen LogP contribution in [-0.2, 0) is 11.9 Å². The van der Waals surface area contributed by atoms with E-state index in [-0.39, 0.29) is 5.82 Å². The van der Waals surface area contributed by atoms with Gasteiger partial charge < -0.3 is 4.74 Å². The molecule has 19 heavy (non-hydrogen) atoms. The van der Waals surface area contributed by atoms with Crippen LogP contribution in [0.3, 0.4) is 0 Å². The average Bonchev–Trinajstić information content (AvgIpc) is 2.41. The molecule has 0 saturated carbocycles. The molecule has 2 aromatic carbocycles. The standard InChI is InChI=1S/C14H10Br3FO/c15-7-9-3-1-5-11(16)14(9)19-8-10-4-2-6-12(18)13(10)17/h1-6H,7-8H2. The van der Waals surface area contributed by atoms with Crippen molar-refractivity contribution in [3.05, 3.63) is 62.3 Å². The molecule has 1 nitrogen and oxygen atoms in total. The average molecular weight is 453 g/mol. The van der Waals surface area contributed by atoms with Crippen molar-refractivity contribution >= 4 is 47.8 Å². The molecule has 0 aromatic heterocycles. The molecule has 100 valence electrons. The number of benzene rings is 2. The summed E-state index contributed by atoms with van der Waals surface area (Å²) >= 11 is 10.1. The molecule has 2 rings (SSSR count). The third-order valence-electron chi connectivity index (χ3n) is 2.60. The van der Waals surface area contributed by atoms with E-state index in [1.807, 2.05) is 24.3 Å². The second-order valence-electron chi connectivity index (χ2n) is 3.86. The highest BCUT2D eigenvalue weighted by molar-refractivity contribution is 9.11. The number of para-hydroxylation sites is 1. The monoisotopic (exact) mass is 450 g/mol. The van der Waals surface area contributed by atoms with Gasteiger partial charge in [-0.15, -0.1) is 0 Å². The Morgan fingerprint density at radius 1 is 1.00 bits per heavy atom. The Bertz CT molecular complexity index is 587. The summed E-state index contributed by atoms with van der Waals surface area (Å²) in [7, 11) is 0. The highest BCUT2D eigenvalue weighted by Gasteiger charge is 2.10. The van der Waals surface area contributed by atoms with Gasteiger partial charge in [-0.2, -0.15) is 0 Å². The second kappa shape index (κ2) is 6.86. The van der Waals surface area contributed by atoms with Crippen molar-refractivity contribution < 1.29 is 9.13 Å². The van der Waals surface area contributed by atoms with E-state index in [9.17, 15) is 4.39 Å². The van der Waals surface area contributed by atoms with E-state index in [0.29, 0.717) is 16.4 Å². The first kappa shape index (κ1) is 15.0. The smallest absolute Gasteiger partial charge is 0.138 e. The van der Waals surface area contributed by atoms with Crippen LogP contribution in [0.15, 0.2) is 45.3 Å². The van der Waals surface area contributed by atoms with Gasteiger partial charge in [0.15, 0.2) is 0 Å². The summed E-state index contributed by atoms with van der Waals surface area (Å²) in [6.45, 7) is 0.307. The lowest BCUT2D eigenvalue weighted by Gasteiger charge is -2.13. The van der Waals surface area contributed by atoms with E-state index in [1.165, 1.54) is 6.07 Å². The van der Waals surface area contributed by atoms with Gasteiger partial charge in [0.05, 0.1) is 8.95 Å². The molecular weight excluding hydrogens is 443 g/mol. The minimum Gasteiger partial charge on any atom is -0.487 e. The fraction of sp³-hybridized carbons (Fsp3) is 0.143. The zero-order chi connectivity index (χ0) is 13.8. The van der Waals surface area contributed by atoms with Gasteiger partial charge >= 0.3 is 0 Å². The fourth-order valence-corrected chi connectivity index (χ4v) is 2.97. The van der Waals surface area contributed by atoms with Crippen LogP contribution in [0.1, 0.15) is 11.1 Å². The van der Waals surface area contributed by atoms with Crippen molar-refractivity contribution in [2.24, 2.45) is 0 Å². The molecule has 0 bridgehead atoms. The topological polar surface area (TPSA) is 9.23 Å². The van der Waals surface area contributed by atoms with E-state index in [0.717, 1.165) is 21.3 Å². The maximum atomic E-state index is 13.4. The Balaban J connectivity index is 2.21. The summed E-state index contributed by atoms with van der Waals surface area (Å²) in [5, 5.41) is 0.700. The van der Waals surface area contributed by atoms with E-state index in [1.54, 1.807) is 6.07 Å². The van der Waals surface area contributed by atoms with Crippen LogP contribution in [0.2, 0.25) is 0 Å². The molecule has 0 aliphatic rings. The molecule has 2 aromatic rings. The summed E-state index contributed by atoms with van der Waals surface area (Å²) in [5.41, 5.74) is 1.82. The fourth-order valence-electron chi connectivity index (χ4n) is 1.63. The highest BCUT2D eigenvalue weighted by Crippen LogP contribution is 2.32. The predicted octanol–water partition coefficient (Wildman–Crippen LogP) is 5.82. The zero-order valence-electron chi connectivity index (χ0n) is 9.80. The molecular formula is C14H10Br3FO. The van der Waals surface area contributed by atoms with Crippen LogP contribution in [0, 0.1) is 5.82 Å². The van der Waals surface area contributed by atoms with E-state index >= 15 is 0 Å². The van der Waals surface area contributed by atoms with Crippen LogP contribution in [0.25, 0.3) is 0 Å². The quantitative estimate of drug-likeness (QED) is 0.531. The van der Waals surface area contributed by atoms with Crippen molar-refractivity contribution in [3.63, 3.8) is 0 Å². The Hall–Kier alpha value is -0.390. The molecule has 0 unspecified atom stereocenters. The summed E-state index contributed by atoms with van der Waals surface area (Å²) < 4.78 is 20.6. The Kier molecular flexibility index (Phi) is 5.42. The van der Waals surface area contributed by atoms with Crippen molar-refractivity contribution in [2.75, 3.05) is 0 Å². The number of hydrogen-bond acceptors (Lipinski definition) is 1. The summed E-state index contributed by atoms with van der Waals surface area (Å²) in [6, 6.07) is 10.8. The van der Waals surface area contributed by atoms with Crippen molar-refractivity contribution in [2.45, 2.75) is 11.9 Å². The van der Waals surface area contributed by atoms with E-state index in [4.69, 9.17) is 4.74 Å². The Morgan fingerprint density at radius 2 is 1.68 bits per heavy atom. The number of hydrogen-bond donors (Lipinski definition) is 0. The van der Waals surface area contributed by atoms with Crippen LogP contribution >= 0.6 is 47.8 Å². The third kappa shape index (κ3) is 3.58. The lowest BCUT2D eigenvalue weighted by atomic mass is 10.2. The minimum absolute atomic E-state index is 0.283. The lowest BCUT2D eigenvalue weighted by Crippen LogP contribution is -2.00. The molecule has 0 aliphatic carbocycles. The maximum Gasteiger partial charge on any atom is 0.138 e. The zero-order valence-corrected chi connectivity index (χ0v) is 14.6. The molecule has 0 fully saturated rings. The first-order valence-corrected chi connectivity index (χ1v) is 8.23. The van der Waals surface area contributed by atoms with Gasteiger partial charge in [0.25, 0.3) is 0 Å². The molecule has 0 atom stereocenters. The maximum absolute atomic E-state index is 13.4. The SMILES string of the molecule is Fc1cccc(COc2c(Br)cccc2CBr)c1Br. The van der Waals surface area contributed by atoms with Crippen LogP contribution in [0.4, 0.5) is 4.39 Å². The van der Waals surface area contributed by atoms with Crippen LogP contribution < -0.4 is 4.74 Å². The van der Waals surface area contributed by atoms with Gasteiger partial charge in [-0.25, -0.2) is 4.39 Å². The van der Waals surface area contributed by atoms with Gasteiger partial charge in [0.2, 0.25) is 0 Å². The Morgan fingerprint density at radius 3 is 2.42 bits per heavy atom. The van der Waals surface area contributed by atoms with Crippen LogP contribution in [-0.4, -0.2) is 0 Å². The predicted molar refractivity (Wildman–Crippen MR) is 85.2 cm³/mol. The first-order chi connectivity index (χ1) is 9.13. The number of alkyl halides is 1. The molecule has 0 amide bonds. The molecule has 0 heterocycles. The van der Waals surface area contributed by atoms with Gasteiger partial charge in [0.1, 0.15) is 18.2 Å². The number of rotatable bonds is 4. The largest absolute Gasteiger partial charge is 0.487 e. The lowest BCUT2D eigenvalue weighted by molar-refractivity contribution is 0.300. The van der Waals surface area contributed by atoms with Gasteiger partial charge in [-0.1, -0.05) is 40.2 Å². The highest BCUT2D eigenvalue weighted by atomic mass is 79.9. The summed E-state index contributed by atoms with van der Waals surface area (Å²) in [5.74, 6) is 0.490. The van der Waals surface area contributed by atoms with Crippen molar-refractivity contribution in [1.29, 1.82) is 0 Å². The third-order valence-corrected chi connectivity index (χ3v) is 4.71. The molecule has 0 saturated heterocycles. The van der Waals surface area contributed by atoms with Crippen LogP contribution in [0.5, 0.6) is 5.75 Å².